The summed E-state index contributed by atoms with van der Waals surface area (Å²) in [6.45, 7) is 2.92. The van der Waals surface area contributed by atoms with Crippen LogP contribution in [0.4, 0.5) is 0 Å². The van der Waals surface area contributed by atoms with E-state index in [-0.39, 0.29) is 0 Å². The number of nitrogens with two attached hydrogens (primary N) is 1. The van der Waals surface area contributed by atoms with Gasteiger partial charge in [0.2, 0.25) is 0 Å². The van der Waals surface area contributed by atoms with Crippen LogP contribution in [0.15, 0.2) is 24.4 Å². The molecule has 1 aromatic carbocycles. The third-order valence-corrected chi connectivity index (χ3v) is 3.14. The Labute approximate surface area is 94.4 Å². The second kappa shape index (κ2) is 4.25. The van der Waals surface area contributed by atoms with Gasteiger partial charge in [0.15, 0.2) is 0 Å². The van der Waals surface area contributed by atoms with Gasteiger partial charge in [0, 0.05) is 17.1 Å². The van der Waals surface area contributed by atoms with Crippen molar-refractivity contribution in [2.24, 2.45) is 5.73 Å². The van der Waals surface area contributed by atoms with Gasteiger partial charge < -0.3 is 10.7 Å². The highest BCUT2D eigenvalue weighted by atomic mass is 35.5. The molecule has 0 spiro atoms. The van der Waals surface area contributed by atoms with Crippen molar-refractivity contribution in [2.75, 3.05) is 6.54 Å². The predicted molar refractivity (Wildman–Crippen MR) is 65.4 cm³/mol. The van der Waals surface area contributed by atoms with Gasteiger partial charge in [-0.2, -0.15) is 0 Å². The predicted octanol–water partition coefficient (Wildman–Crippen LogP) is 3.27. The zero-order valence-corrected chi connectivity index (χ0v) is 9.51. The molecule has 1 atom stereocenters. The van der Waals surface area contributed by atoms with Crippen LogP contribution in [0.2, 0.25) is 5.02 Å². The summed E-state index contributed by atoms with van der Waals surface area (Å²) in [5, 5.41) is 1.86. The van der Waals surface area contributed by atoms with Crippen molar-refractivity contribution in [1.29, 1.82) is 0 Å². The molecule has 0 aliphatic carbocycles. The zero-order valence-electron chi connectivity index (χ0n) is 8.76. The highest BCUT2D eigenvalue weighted by Crippen LogP contribution is 2.27. The van der Waals surface area contributed by atoms with Gasteiger partial charge in [0.25, 0.3) is 0 Å². The first-order valence-corrected chi connectivity index (χ1v) is 5.56. The van der Waals surface area contributed by atoms with Crippen molar-refractivity contribution in [1.82, 2.24) is 4.98 Å². The Bertz CT molecular complexity index is 462. The van der Waals surface area contributed by atoms with Crippen LogP contribution in [-0.4, -0.2) is 11.5 Å². The van der Waals surface area contributed by atoms with Crippen LogP contribution in [0.25, 0.3) is 10.9 Å². The molecule has 0 aliphatic heterocycles. The third-order valence-electron chi connectivity index (χ3n) is 2.82. The van der Waals surface area contributed by atoms with Gasteiger partial charge in [0.05, 0.1) is 5.02 Å². The first kappa shape index (κ1) is 10.5. The molecule has 0 radical (unpaired) electrons. The van der Waals surface area contributed by atoms with Gasteiger partial charge in [-0.25, -0.2) is 0 Å². The maximum Gasteiger partial charge on any atom is 0.0659 e. The maximum atomic E-state index is 6.01. The van der Waals surface area contributed by atoms with Crippen molar-refractivity contribution < 1.29 is 0 Å². The molecule has 0 amide bonds. The lowest BCUT2D eigenvalue weighted by Crippen LogP contribution is -2.04. The standard InChI is InChI=1S/C12H15ClN2/c1-8(4-5-14)9-2-3-10-11(13)7-15-12(10)6-9/h2-3,6-8,15H,4-5,14H2,1H3. The second-order valence-electron chi connectivity index (χ2n) is 3.92. The van der Waals surface area contributed by atoms with Crippen LogP contribution in [0.1, 0.15) is 24.8 Å². The van der Waals surface area contributed by atoms with Crippen LogP contribution in [-0.2, 0) is 0 Å². The number of fused-ring (bicyclic) bond motifs is 1. The average Bonchev–Trinajstić information content (AvgIpc) is 2.60. The molecular formula is C12H15ClN2. The van der Waals surface area contributed by atoms with Crippen LogP contribution in [0.3, 0.4) is 0 Å². The average molecular weight is 223 g/mol. The highest BCUT2D eigenvalue weighted by Gasteiger charge is 2.07. The number of rotatable bonds is 3. The Balaban J connectivity index is 2.38. The van der Waals surface area contributed by atoms with Crippen LogP contribution in [0, 0.1) is 0 Å². The smallest absolute Gasteiger partial charge is 0.0659 e. The second-order valence-corrected chi connectivity index (χ2v) is 4.33. The van der Waals surface area contributed by atoms with Gasteiger partial charge in [-0.15, -0.1) is 0 Å². The van der Waals surface area contributed by atoms with Crippen molar-refractivity contribution in [2.45, 2.75) is 19.3 Å². The van der Waals surface area contributed by atoms with Crippen LogP contribution >= 0.6 is 11.6 Å². The molecule has 2 nitrogen and oxygen atoms in total. The molecule has 0 fully saturated rings. The van der Waals surface area contributed by atoms with E-state index in [1.54, 1.807) is 0 Å². The van der Waals surface area contributed by atoms with Gasteiger partial charge in [-0.3, -0.25) is 0 Å². The molecule has 2 aromatic rings. The number of hydrogen-bond acceptors (Lipinski definition) is 1. The Hall–Kier alpha value is -0.990. The number of nitrogens with one attached hydrogen (secondary N) is 1. The van der Waals surface area contributed by atoms with E-state index in [0.717, 1.165) is 28.9 Å². The molecule has 3 heteroatoms. The summed E-state index contributed by atoms with van der Waals surface area (Å²) < 4.78 is 0. The topological polar surface area (TPSA) is 41.8 Å². The molecule has 80 valence electrons. The minimum Gasteiger partial charge on any atom is -0.360 e. The normalized spacial score (nSPS) is 13.3. The largest absolute Gasteiger partial charge is 0.360 e. The summed E-state index contributed by atoms with van der Waals surface area (Å²) in [5.74, 6) is 0.501. The van der Waals surface area contributed by atoms with Gasteiger partial charge in [-0.1, -0.05) is 30.7 Å². The first-order chi connectivity index (χ1) is 7.22. The number of H-pyrrole nitrogens is 1. The molecule has 0 saturated heterocycles. The van der Waals surface area contributed by atoms with Crippen molar-refractivity contribution in [3.63, 3.8) is 0 Å². The molecular weight excluding hydrogens is 208 g/mol. The van der Waals surface area contributed by atoms with E-state index < -0.39 is 0 Å². The summed E-state index contributed by atoms with van der Waals surface area (Å²) in [6.07, 6.45) is 2.84. The maximum absolute atomic E-state index is 6.01. The first-order valence-electron chi connectivity index (χ1n) is 5.19. The number of aromatic nitrogens is 1. The van der Waals surface area contributed by atoms with E-state index in [9.17, 15) is 0 Å². The lowest BCUT2D eigenvalue weighted by Gasteiger charge is -2.10. The van der Waals surface area contributed by atoms with Gasteiger partial charge in [0.1, 0.15) is 0 Å². The molecule has 0 aliphatic rings. The summed E-state index contributed by atoms with van der Waals surface area (Å²) in [4.78, 5) is 3.16. The number of benzene rings is 1. The van der Waals surface area contributed by atoms with Crippen molar-refractivity contribution in [3.8, 4) is 0 Å². The van der Waals surface area contributed by atoms with E-state index in [1.807, 2.05) is 6.20 Å². The molecule has 1 aromatic heterocycles. The minimum absolute atomic E-state index is 0.501. The molecule has 3 N–H and O–H groups in total. The Kier molecular flexibility index (Phi) is 2.98. The Morgan fingerprint density at radius 1 is 1.47 bits per heavy atom. The number of aromatic amines is 1. The molecule has 2 rings (SSSR count). The zero-order chi connectivity index (χ0) is 10.8. The fourth-order valence-electron chi connectivity index (χ4n) is 1.83. The minimum atomic E-state index is 0.501. The Morgan fingerprint density at radius 2 is 2.27 bits per heavy atom. The SMILES string of the molecule is CC(CCN)c1ccc2c(Cl)c[nH]c2c1. The van der Waals surface area contributed by atoms with Gasteiger partial charge >= 0.3 is 0 Å². The van der Waals surface area contributed by atoms with Gasteiger partial charge in [-0.05, 0) is 30.5 Å². The summed E-state index contributed by atoms with van der Waals surface area (Å²) in [6, 6.07) is 6.35. The molecule has 15 heavy (non-hydrogen) atoms. The molecule has 1 unspecified atom stereocenters. The third kappa shape index (κ3) is 2.01. The number of halogens is 1. The summed E-state index contributed by atoms with van der Waals surface area (Å²) in [7, 11) is 0. The van der Waals surface area contributed by atoms with Crippen LogP contribution < -0.4 is 5.73 Å². The fraction of sp³-hybridized carbons (Fsp3) is 0.333. The quantitative estimate of drug-likeness (QED) is 0.823. The van der Waals surface area contributed by atoms with Crippen LogP contribution in [0.5, 0.6) is 0 Å². The van der Waals surface area contributed by atoms with E-state index in [2.05, 4.69) is 30.1 Å². The van der Waals surface area contributed by atoms with E-state index in [4.69, 9.17) is 17.3 Å². The van der Waals surface area contributed by atoms with E-state index >= 15 is 0 Å². The van der Waals surface area contributed by atoms with E-state index in [0.29, 0.717) is 5.92 Å². The molecule has 0 saturated carbocycles. The lowest BCUT2D eigenvalue weighted by atomic mass is 9.97. The summed E-state index contributed by atoms with van der Waals surface area (Å²) >= 11 is 6.01. The molecule has 1 heterocycles. The summed E-state index contributed by atoms with van der Waals surface area (Å²) in [5.41, 5.74) is 7.96. The fourth-order valence-corrected chi connectivity index (χ4v) is 2.05. The lowest BCUT2D eigenvalue weighted by molar-refractivity contribution is 0.691. The molecule has 0 bridgehead atoms. The van der Waals surface area contributed by atoms with Crippen molar-refractivity contribution >= 4 is 22.5 Å². The highest BCUT2D eigenvalue weighted by molar-refractivity contribution is 6.35. The van der Waals surface area contributed by atoms with Crippen molar-refractivity contribution in [3.05, 3.63) is 35.0 Å². The monoisotopic (exact) mass is 222 g/mol. The van der Waals surface area contributed by atoms with E-state index in [1.165, 1.54) is 5.56 Å². The number of hydrogen-bond donors (Lipinski definition) is 2. The Morgan fingerprint density at radius 3 is 3.00 bits per heavy atom.